The maximum atomic E-state index is 13.3. The third-order valence-corrected chi connectivity index (χ3v) is 5.78. The zero-order chi connectivity index (χ0) is 22.0. The Morgan fingerprint density at radius 2 is 2.03 bits per heavy atom. The second-order valence-corrected chi connectivity index (χ2v) is 8.14. The van der Waals surface area contributed by atoms with Gasteiger partial charge in [0.1, 0.15) is 23.0 Å². The normalized spacial score (nSPS) is 21.1. The molecular weight excluding hydrogens is 403 g/mol. The number of hydrogen-bond donors (Lipinski definition) is 1. The highest BCUT2D eigenvalue weighted by atomic mass is 19.4. The van der Waals surface area contributed by atoms with Gasteiger partial charge in [-0.3, -0.25) is 9.48 Å². The standard InChI is InChI=1S/C19H20F3N5O3/c1-9-7-27(8-12-13(9)16(25-30-12)18(2,29)19(20,21)22)17(28)15-11(6-23)14(10-4-5-10)24-26(15)3/h9-10,29H,4-5,7-8H2,1-3H3/t9-,18?/m0/s1. The maximum absolute atomic E-state index is 13.3. The molecule has 2 aromatic heterocycles. The summed E-state index contributed by atoms with van der Waals surface area (Å²) in [5.41, 5.74) is -2.60. The molecule has 0 bridgehead atoms. The molecule has 1 aliphatic carbocycles. The number of aryl methyl sites for hydroxylation is 1. The van der Waals surface area contributed by atoms with Crippen molar-refractivity contribution < 1.29 is 27.6 Å². The maximum Gasteiger partial charge on any atom is 0.422 e. The Kier molecular flexibility index (Phi) is 4.47. The van der Waals surface area contributed by atoms with Crippen LogP contribution in [-0.2, 0) is 19.2 Å². The average molecular weight is 423 g/mol. The molecule has 11 heteroatoms. The van der Waals surface area contributed by atoms with E-state index in [0.29, 0.717) is 12.6 Å². The third-order valence-electron chi connectivity index (χ3n) is 5.78. The van der Waals surface area contributed by atoms with E-state index in [0.717, 1.165) is 12.8 Å². The molecule has 3 heterocycles. The zero-order valence-corrected chi connectivity index (χ0v) is 16.6. The molecule has 1 unspecified atom stereocenters. The number of carbonyl (C=O) groups excluding carboxylic acids is 1. The second kappa shape index (κ2) is 6.57. The van der Waals surface area contributed by atoms with E-state index < -0.39 is 29.3 Å². The fourth-order valence-corrected chi connectivity index (χ4v) is 3.95. The molecule has 1 aliphatic heterocycles. The number of nitriles is 1. The summed E-state index contributed by atoms with van der Waals surface area (Å²) in [5.74, 6) is -0.744. The van der Waals surface area contributed by atoms with E-state index in [9.17, 15) is 28.3 Å². The molecule has 0 saturated heterocycles. The lowest BCUT2D eigenvalue weighted by molar-refractivity contribution is -0.261. The first-order chi connectivity index (χ1) is 14.0. The van der Waals surface area contributed by atoms with Gasteiger partial charge in [0.2, 0.25) is 5.60 Å². The van der Waals surface area contributed by atoms with Crippen LogP contribution in [0.15, 0.2) is 4.52 Å². The van der Waals surface area contributed by atoms with Crippen LogP contribution in [-0.4, -0.2) is 43.6 Å². The SMILES string of the molecule is C[C@H]1CN(C(=O)c2c(C#N)c(C3CC3)nn2C)Cc2onc(C(C)(O)C(F)(F)F)c21. The predicted octanol–water partition coefficient (Wildman–Crippen LogP) is 2.69. The van der Waals surface area contributed by atoms with Crippen LogP contribution < -0.4 is 0 Å². The van der Waals surface area contributed by atoms with Crippen molar-refractivity contribution in [2.45, 2.75) is 56.8 Å². The Morgan fingerprint density at radius 1 is 1.37 bits per heavy atom. The number of amides is 1. The van der Waals surface area contributed by atoms with Crippen LogP contribution in [0, 0.1) is 11.3 Å². The summed E-state index contributed by atoms with van der Waals surface area (Å²) < 4.78 is 46.3. The van der Waals surface area contributed by atoms with E-state index in [2.05, 4.69) is 16.3 Å². The van der Waals surface area contributed by atoms with E-state index in [4.69, 9.17) is 4.52 Å². The van der Waals surface area contributed by atoms with E-state index in [-0.39, 0.29) is 41.6 Å². The van der Waals surface area contributed by atoms with Crippen molar-refractivity contribution in [1.29, 1.82) is 5.26 Å². The van der Waals surface area contributed by atoms with Crippen molar-refractivity contribution in [3.05, 3.63) is 34.0 Å². The molecule has 2 aliphatic rings. The van der Waals surface area contributed by atoms with Gasteiger partial charge in [0.15, 0.2) is 5.76 Å². The van der Waals surface area contributed by atoms with E-state index in [1.807, 2.05) is 0 Å². The van der Waals surface area contributed by atoms with Gasteiger partial charge in [-0.05, 0) is 19.8 Å². The summed E-state index contributed by atoms with van der Waals surface area (Å²) in [5, 5.41) is 27.4. The number of carbonyl (C=O) groups is 1. The zero-order valence-electron chi connectivity index (χ0n) is 16.6. The minimum absolute atomic E-state index is 0.0861. The van der Waals surface area contributed by atoms with Crippen LogP contribution >= 0.6 is 0 Å². The molecule has 1 fully saturated rings. The Balaban J connectivity index is 1.67. The number of rotatable bonds is 3. The lowest BCUT2D eigenvalue weighted by Crippen LogP contribution is -2.42. The van der Waals surface area contributed by atoms with Crippen LogP contribution in [0.2, 0.25) is 0 Å². The molecule has 30 heavy (non-hydrogen) atoms. The van der Waals surface area contributed by atoms with Gasteiger partial charge in [0, 0.05) is 31.0 Å². The van der Waals surface area contributed by atoms with Gasteiger partial charge in [0.05, 0.1) is 12.2 Å². The first kappa shape index (κ1) is 20.4. The number of aliphatic hydroxyl groups is 1. The number of nitrogens with zero attached hydrogens (tertiary/aromatic N) is 5. The number of aromatic nitrogens is 3. The highest BCUT2D eigenvalue weighted by molar-refractivity contribution is 5.95. The van der Waals surface area contributed by atoms with Gasteiger partial charge in [-0.1, -0.05) is 12.1 Å². The fraction of sp³-hybridized carbons (Fsp3) is 0.579. The number of alkyl halides is 3. The van der Waals surface area contributed by atoms with E-state index in [1.54, 1.807) is 14.0 Å². The monoisotopic (exact) mass is 423 g/mol. The van der Waals surface area contributed by atoms with Crippen LogP contribution in [0.5, 0.6) is 0 Å². The Labute approximate surface area is 169 Å². The van der Waals surface area contributed by atoms with Crippen LogP contribution in [0.3, 0.4) is 0 Å². The van der Waals surface area contributed by atoms with E-state index >= 15 is 0 Å². The van der Waals surface area contributed by atoms with Crippen molar-refractivity contribution >= 4 is 5.91 Å². The smallest absolute Gasteiger partial charge is 0.375 e. The summed E-state index contributed by atoms with van der Waals surface area (Å²) in [6.45, 7) is 2.23. The minimum atomic E-state index is -4.93. The Bertz CT molecular complexity index is 1060. The summed E-state index contributed by atoms with van der Waals surface area (Å²) >= 11 is 0. The molecule has 8 nitrogen and oxygen atoms in total. The molecule has 1 saturated carbocycles. The van der Waals surface area contributed by atoms with Crippen LogP contribution in [0.25, 0.3) is 0 Å². The van der Waals surface area contributed by atoms with Crippen molar-refractivity contribution in [1.82, 2.24) is 19.8 Å². The van der Waals surface area contributed by atoms with Gasteiger partial charge in [0.25, 0.3) is 5.91 Å². The Morgan fingerprint density at radius 3 is 2.60 bits per heavy atom. The average Bonchev–Trinajstić information content (AvgIpc) is 3.31. The van der Waals surface area contributed by atoms with Crippen LogP contribution in [0.1, 0.15) is 77.3 Å². The highest BCUT2D eigenvalue weighted by Crippen LogP contribution is 2.44. The lowest BCUT2D eigenvalue weighted by atomic mass is 9.87. The molecule has 4 rings (SSSR count). The largest absolute Gasteiger partial charge is 0.422 e. The number of hydrogen-bond acceptors (Lipinski definition) is 6. The van der Waals surface area contributed by atoms with Gasteiger partial charge in [-0.25, -0.2) is 0 Å². The molecule has 0 aromatic carbocycles. The van der Waals surface area contributed by atoms with E-state index in [1.165, 1.54) is 9.58 Å². The quantitative estimate of drug-likeness (QED) is 0.813. The van der Waals surface area contributed by atoms with Crippen molar-refractivity contribution in [2.24, 2.45) is 7.05 Å². The minimum Gasteiger partial charge on any atom is -0.375 e. The van der Waals surface area contributed by atoms with Gasteiger partial charge in [-0.15, -0.1) is 0 Å². The van der Waals surface area contributed by atoms with Crippen molar-refractivity contribution in [2.75, 3.05) is 6.54 Å². The molecule has 0 spiro atoms. The fourth-order valence-electron chi connectivity index (χ4n) is 3.95. The first-order valence-electron chi connectivity index (χ1n) is 9.51. The molecule has 1 amide bonds. The second-order valence-electron chi connectivity index (χ2n) is 8.14. The van der Waals surface area contributed by atoms with Gasteiger partial charge >= 0.3 is 6.18 Å². The van der Waals surface area contributed by atoms with Gasteiger partial charge in [-0.2, -0.15) is 23.5 Å². The van der Waals surface area contributed by atoms with Crippen molar-refractivity contribution in [3.63, 3.8) is 0 Å². The van der Waals surface area contributed by atoms with Crippen LogP contribution in [0.4, 0.5) is 13.2 Å². The topological polar surface area (TPSA) is 108 Å². The molecule has 2 atom stereocenters. The summed E-state index contributed by atoms with van der Waals surface area (Å²) in [6, 6.07) is 2.07. The number of fused-ring (bicyclic) bond motifs is 1. The predicted molar refractivity (Wildman–Crippen MR) is 95.2 cm³/mol. The van der Waals surface area contributed by atoms with Crippen molar-refractivity contribution in [3.8, 4) is 6.07 Å². The summed E-state index contributed by atoms with van der Waals surface area (Å²) in [6.07, 6.45) is -3.09. The molecule has 1 N–H and O–H groups in total. The molecule has 0 radical (unpaired) electrons. The first-order valence-corrected chi connectivity index (χ1v) is 9.51. The highest BCUT2D eigenvalue weighted by Gasteiger charge is 2.55. The summed E-state index contributed by atoms with van der Waals surface area (Å²) in [7, 11) is 1.59. The number of halogens is 3. The third kappa shape index (κ3) is 2.98. The molecule has 160 valence electrons. The molecule has 2 aromatic rings. The molecular formula is C19H20F3N5O3. The Hall–Kier alpha value is -2.87. The lowest BCUT2D eigenvalue weighted by Gasteiger charge is -2.32. The summed E-state index contributed by atoms with van der Waals surface area (Å²) in [4.78, 5) is 14.6. The van der Waals surface area contributed by atoms with Gasteiger partial charge < -0.3 is 14.5 Å².